The van der Waals surface area contributed by atoms with E-state index in [1.807, 2.05) is 45.9 Å². The van der Waals surface area contributed by atoms with Crippen molar-refractivity contribution in [3.05, 3.63) is 126 Å². The molecule has 0 radical (unpaired) electrons. The van der Waals surface area contributed by atoms with Gasteiger partial charge in [-0.2, -0.15) is 0 Å². The standard InChI is InChI=1S/C46H32Cl4N2O6/c1-19(2)23-8-6-9-24(20(3)4)42(23)52-45(57)27-17-31(49)38-36-29(47)15-25-34-26(44(56)51(43(25)55)22-13-11-21(12-14-22)7-5-10-33(53)54)16-30(48)37(40(34)36)39-32(50)18-28(46(52)58)35(27)41(38)39/h6,8-9,11-20H,5,7,10H2,1-4H3,(H,53,54). The molecule has 9 rings (SSSR count). The predicted molar refractivity (Wildman–Crippen MR) is 232 cm³/mol. The number of hydrogen-bond acceptors (Lipinski definition) is 5. The Bertz CT molecular complexity index is 2890. The summed E-state index contributed by atoms with van der Waals surface area (Å²) in [5.41, 5.74) is 4.15. The molecule has 0 aromatic heterocycles. The monoisotopic (exact) mass is 848 g/mol. The lowest BCUT2D eigenvalue weighted by atomic mass is 9.81. The Kier molecular flexibility index (Phi) is 9.02. The third-order valence-electron chi connectivity index (χ3n) is 11.5. The number of anilines is 2. The number of amides is 4. The number of carbonyl (C=O) groups is 5. The number of hydrogen-bond donors (Lipinski definition) is 1. The van der Waals surface area contributed by atoms with E-state index in [2.05, 4.69) is 0 Å². The van der Waals surface area contributed by atoms with E-state index in [-0.39, 0.29) is 60.6 Å². The number of halogens is 4. The van der Waals surface area contributed by atoms with Crippen LogP contribution in [0, 0.1) is 0 Å². The van der Waals surface area contributed by atoms with E-state index < -0.39 is 29.6 Å². The number of nitrogens with zero attached hydrogens (tertiary/aromatic N) is 2. The minimum atomic E-state index is -0.883. The summed E-state index contributed by atoms with van der Waals surface area (Å²) < 4.78 is 0. The van der Waals surface area contributed by atoms with Crippen LogP contribution in [0.25, 0.3) is 43.1 Å². The van der Waals surface area contributed by atoms with Crippen LogP contribution in [0.1, 0.15) is 110 Å². The third-order valence-corrected chi connectivity index (χ3v) is 12.7. The van der Waals surface area contributed by atoms with Gasteiger partial charge in [-0.3, -0.25) is 24.0 Å². The molecule has 0 saturated carbocycles. The molecule has 12 heteroatoms. The smallest absolute Gasteiger partial charge is 0.303 e. The highest BCUT2D eigenvalue weighted by Crippen LogP contribution is 2.54. The second-order valence-corrected chi connectivity index (χ2v) is 17.2. The minimum absolute atomic E-state index is 0.00520. The number of carbonyl (C=O) groups excluding carboxylic acids is 4. The molecule has 4 amide bonds. The molecule has 8 nitrogen and oxygen atoms in total. The molecule has 290 valence electrons. The molecule has 2 heterocycles. The van der Waals surface area contributed by atoms with Crippen LogP contribution in [-0.2, 0) is 11.2 Å². The zero-order valence-corrected chi connectivity index (χ0v) is 34.5. The van der Waals surface area contributed by atoms with Crippen molar-refractivity contribution in [2.75, 3.05) is 9.80 Å². The zero-order chi connectivity index (χ0) is 41.2. The molecule has 0 fully saturated rings. The average molecular weight is 851 g/mol. The van der Waals surface area contributed by atoms with E-state index in [0.717, 1.165) is 21.6 Å². The summed E-state index contributed by atoms with van der Waals surface area (Å²) >= 11 is 28.8. The summed E-state index contributed by atoms with van der Waals surface area (Å²) in [5.74, 6) is -3.18. The average Bonchev–Trinajstić information content (AvgIpc) is 3.17. The number of carboxylic acid groups (broad SMARTS) is 1. The SMILES string of the molecule is CC(C)c1cccc(C(C)C)c1N1C(=O)c2cc(Cl)c3c4c(Cl)cc5c6c(cc(Cl)c(c7c(Cl)cc(c2c37)C1=O)c64)C(=O)N(c1ccc(CCCC(=O)O)cc1)C5=O. The molecule has 58 heavy (non-hydrogen) atoms. The molecule has 0 atom stereocenters. The maximum atomic E-state index is 14.8. The highest BCUT2D eigenvalue weighted by molar-refractivity contribution is 6.57. The highest BCUT2D eigenvalue weighted by atomic mass is 35.5. The number of imide groups is 2. The Labute approximate surface area is 352 Å². The van der Waals surface area contributed by atoms with Crippen molar-refractivity contribution in [2.24, 2.45) is 0 Å². The van der Waals surface area contributed by atoms with Crippen LogP contribution in [0.4, 0.5) is 11.4 Å². The molecule has 1 N–H and O–H groups in total. The molecule has 0 unspecified atom stereocenters. The predicted octanol–water partition coefficient (Wildman–Crippen LogP) is 12.6. The van der Waals surface area contributed by atoms with Gasteiger partial charge in [-0.1, -0.05) is 104 Å². The Morgan fingerprint density at radius 1 is 0.552 bits per heavy atom. The fourth-order valence-corrected chi connectivity index (χ4v) is 10.1. The van der Waals surface area contributed by atoms with E-state index in [1.165, 1.54) is 17.0 Å². The molecule has 0 saturated heterocycles. The molecule has 0 aliphatic carbocycles. The van der Waals surface area contributed by atoms with Crippen molar-refractivity contribution in [2.45, 2.75) is 58.8 Å². The summed E-state index contributed by atoms with van der Waals surface area (Å²) in [6.45, 7) is 8.06. The lowest BCUT2D eigenvalue weighted by molar-refractivity contribution is -0.137. The summed E-state index contributed by atoms with van der Waals surface area (Å²) in [5, 5.41) is 12.7. The fraction of sp³-hybridized carbons (Fsp3) is 0.196. The van der Waals surface area contributed by atoms with Gasteiger partial charge in [0.1, 0.15) is 0 Å². The number of para-hydroxylation sites is 1. The van der Waals surface area contributed by atoms with E-state index in [9.17, 15) is 24.0 Å². The fourth-order valence-electron chi connectivity index (χ4n) is 8.92. The molecule has 7 aromatic carbocycles. The van der Waals surface area contributed by atoms with Gasteiger partial charge in [0.25, 0.3) is 23.6 Å². The first-order valence-corrected chi connectivity index (χ1v) is 20.3. The van der Waals surface area contributed by atoms with Gasteiger partial charge in [0.15, 0.2) is 0 Å². The zero-order valence-electron chi connectivity index (χ0n) is 31.5. The first-order valence-electron chi connectivity index (χ1n) is 18.8. The summed E-state index contributed by atoms with van der Waals surface area (Å²) in [4.78, 5) is 71.7. The minimum Gasteiger partial charge on any atom is -0.481 e. The number of aryl methyl sites for hydroxylation is 1. The maximum absolute atomic E-state index is 14.8. The largest absolute Gasteiger partial charge is 0.481 e. The molecular weight excluding hydrogens is 818 g/mol. The number of rotatable bonds is 8. The van der Waals surface area contributed by atoms with Gasteiger partial charge in [-0.25, -0.2) is 9.80 Å². The van der Waals surface area contributed by atoms with E-state index in [1.54, 1.807) is 36.4 Å². The normalized spacial score (nSPS) is 14.2. The first-order chi connectivity index (χ1) is 27.6. The van der Waals surface area contributed by atoms with Gasteiger partial charge in [-0.15, -0.1) is 0 Å². The topological polar surface area (TPSA) is 112 Å². The Balaban J connectivity index is 1.28. The Hall–Kier alpha value is -5.25. The van der Waals surface area contributed by atoms with Crippen molar-refractivity contribution >= 4 is 130 Å². The van der Waals surface area contributed by atoms with Crippen molar-refractivity contribution in [3.63, 3.8) is 0 Å². The number of aliphatic carboxylic acids is 1. The van der Waals surface area contributed by atoms with Crippen molar-refractivity contribution in [1.29, 1.82) is 0 Å². The lowest BCUT2D eigenvalue weighted by Crippen LogP contribution is -2.42. The second-order valence-electron chi connectivity index (χ2n) is 15.5. The second kappa shape index (κ2) is 13.7. The molecular formula is C46H32Cl4N2O6. The van der Waals surface area contributed by atoms with E-state index in [0.29, 0.717) is 67.3 Å². The third kappa shape index (κ3) is 5.38. The highest BCUT2D eigenvalue weighted by Gasteiger charge is 2.41. The van der Waals surface area contributed by atoms with Crippen molar-refractivity contribution in [3.8, 4) is 0 Å². The van der Waals surface area contributed by atoms with Crippen LogP contribution in [0.15, 0.2) is 66.7 Å². The van der Waals surface area contributed by atoms with Crippen LogP contribution in [0.5, 0.6) is 0 Å². The van der Waals surface area contributed by atoms with Gasteiger partial charge < -0.3 is 5.11 Å². The van der Waals surface area contributed by atoms with Crippen LogP contribution in [-0.4, -0.2) is 34.7 Å². The van der Waals surface area contributed by atoms with E-state index >= 15 is 0 Å². The van der Waals surface area contributed by atoms with Gasteiger partial charge in [-0.05, 0) is 77.8 Å². The Morgan fingerprint density at radius 3 is 1.29 bits per heavy atom. The van der Waals surface area contributed by atoms with Crippen LogP contribution >= 0.6 is 46.4 Å². The van der Waals surface area contributed by atoms with E-state index in [4.69, 9.17) is 51.5 Å². The van der Waals surface area contributed by atoms with Crippen LogP contribution < -0.4 is 9.80 Å². The maximum Gasteiger partial charge on any atom is 0.303 e. The van der Waals surface area contributed by atoms with Crippen molar-refractivity contribution < 1.29 is 29.1 Å². The lowest BCUT2D eigenvalue weighted by Gasteiger charge is -2.33. The van der Waals surface area contributed by atoms with Gasteiger partial charge >= 0.3 is 5.97 Å². The number of carboxylic acids is 1. The summed E-state index contributed by atoms with van der Waals surface area (Å²) in [6, 6.07) is 18.7. The molecule has 0 spiro atoms. The first kappa shape index (κ1) is 38.3. The molecule has 0 bridgehead atoms. The van der Waals surface area contributed by atoms with Crippen molar-refractivity contribution in [1.82, 2.24) is 0 Å². The van der Waals surface area contributed by atoms with Crippen LogP contribution in [0.3, 0.4) is 0 Å². The molecule has 2 aliphatic heterocycles. The quantitative estimate of drug-likeness (QED) is 0.0926. The number of fused-ring (bicyclic) bond motifs is 2. The summed E-state index contributed by atoms with van der Waals surface area (Å²) in [7, 11) is 0. The van der Waals surface area contributed by atoms with Gasteiger partial charge in [0, 0.05) is 69.6 Å². The summed E-state index contributed by atoms with van der Waals surface area (Å²) in [6.07, 6.45) is 0.982. The van der Waals surface area contributed by atoms with Gasteiger partial charge in [0.05, 0.1) is 33.6 Å². The Morgan fingerprint density at radius 2 is 0.931 bits per heavy atom. The molecule has 7 aromatic rings. The van der Waals surface area contributed by atoms with Crippen LogP contribution in [0.2, 0.25) is 20.1 Å². The molecule has 2 aliphatic rings. The number of benzene rings is 7. The van der Waals surface area contributed by atoms with Gasteiger partial charge in [0.2, 0.25) is 0 Å².